The van der Waals surface area contributed by atoms with E-state index in [1.807, 2.05) is 57.5 Å². The van der Waals surface area contributed by atoms with Gasteiger partial charge in [0.2, 0.25) is 0 Å². The first kappa shape index (κ1) is 32.7. The van der Waals surface area contributed by atoms with Crippen molar-refractivity contribution < 1.29 is 19.4 Å². The summed E-state index contributed by atoms with van der Waals surface area (Å²) < 4.78 is 7.56. The number of ether oxygens (including phenoxy) is 1. The molecular weight excluding hydrogens is 584 g/mol. The lowest BCUT2D eigenvalue weighted by Gasteiger charge is -2.33. The van der Waals surface area contributed by atoms with Crippen LogP contribution >= 0.6 is 0 Å². The Morgan fingerprint density at radius 3 is 2.15 bits per heavy atom. The average molecular weight is 629 g/mol. The number of benzene rings is 1. The lowest BCUT2D eigenvalue weighted by Crippen LogP contribution is -2.42. The van der Waals surface area contributed by atoms with E-state index in [-0.39, 0.29) is 6.09 Å². The van der Waals surface area contributed by atoms with Crippen LogP contribution in [0.4, 0.5) is 15.4 Å². The second kappa shape index (κ2) is 13.3. The quantitative estimate of drug-likeness (QED) is 0.361. The number of carboxylic acid groups (broad SMARTS) is 1. The van der Waals surface area contributed by atoms with Crippen molar-refractivity contribution in [1.82, 2.24) is 24.9 Å². The Labute approximate surface area is 270 Å². The number of amides is 2. The molecular formula is C34H44N8O4. The van der Waals surface area contributed by atoms with Crippen LogP contribution in [0.25, 0.3) is 10.9 Å². The van der Waals surface area contributed by atoms with E-state index >= 15 is 0 Å². The molecule has 2 saturated heterocycles. The second-order valence-corrected chi connectivity index (χ2v) is 13.7. The Hall–Kier alpha value is -4.71. The number of likely N-dealkylation sites (tertiary alicyclic amines) is 2. The highest BCUT2D eigenvalue weighted by atomic mass is 16.6. The molecule has 0 bridgehead atoms. The number of carbonyl (C=O) groups excluding carboxylic acids is 1. The molecule has 0 radical (unpaired) electrons. The third-order valence-electron chi connectivity index (χ3n) is 9.25. The number of dihydropyridines is 1. The monoisotopic (exact) mass is 628 g/mol. The fourth-order valence-corrected chi connectivity index (χ4v) is 6.71. The van der Waals surface area contributed by atoms with Gasteiger partial charge in [-0.1, -0.05) is 6.07 Å². The van der Waals surface area contributed by atoms with Crippen LogP contribution in [0.15, 0.2) is 40.7 Å². The molecule has 0 atom stereocenters. The first-order valence-electron chi connectivity index (χ1n) is 16.1. The number of hydrogen-bond acceptors (Lipinski definition) is 8. The number of hydrogen-bond donors (Lipinski definition) is 3. The minimum Gasteiger partial charge on any atom is -0.465 e. The highest BCUT2D eigenvalue weighted by Gasteiger charge is 2.31. The number of nitrogens with one attached hydrogen (secondary N) is 2. The Bertz CT molecular complexity index is 1600. The zero-order valence-electron chi connectivity index (χ0n) is 27.4. The fourth-order valence-electron chi connectivity index (χ4n) is 6.71. The summed E-state index contributed by atoms with van der Waals surface area (Å²) in [5, 5.41) is 42.2. The second-order valence-electron chi connectivity index (χ2n) is 13.7. The van der Waals surface area contributed by atoms with Gasteiger partial charge in [0.25, 0.3) is 0 Å². The maximum Gasteiger partial charge on any atom is 0.410 e. The van der Waals surface area contributed by atoms with Crippen molar-refractivity contribution in [3.8, 4) is 12.1 Å². The van der Waals surface area contributed by atoms with Crippen molar-refractivity contribution >= 4 is 28.9 Å². The lowest BCUT2D eigenvalue weighted by molar-refractivity contribution is 0.0188. The molecule has 3 aliphatic rings. The Kier molecular flexibility index (Phi) is 9.47. The van der Waals surface area contributed by atoms with E-state index in [1.165, 1.54) is 4.90 Å². The van der Waals surface area contributed by atoms with E-state index in [1.54, 1.807) is 4.90 Å². The molecule has 3 aliphatic heterocycles. The first-order valence-corrected chi connectivity index (χ1v) is 16.1. The summed E-state index contributed by atoms with van der Waals surface area (Å²) in [5.74, 6) is 0.897. The summed E-state index contributed by atoms with van der Waals surface area (Å²) in [7, 11) is 0. The molecule has 5 rings (SSSR count). The third-order valence-corrected chi connectivity index (χ3v) is 9.25. The van der Waals surface area contributed by atoms with E-state index in [9.17, 15) is 25.2 Å². The van der Waals surface area contributed by atoms with E-state index in [0.29, 0.717) is 62.3 Å². The van der Waals surface area contributed by atoms with Gasteiger partial charge >= 0.3 is 12.2 Å². The van der Waals surface area contributed by atoms with Crippen LogP contribution in [-0.4, -0.2) is 75.2 Å². The smallest absolute Gasteiger partial charge is 0.410 e. The topological polar surface area (TPSA) is 160 Å². The molecule has 12 heteroatoms. The number of allylic oxidation sites excluding steroid dienone is 4. The largest absolute Gasteiger partial charge is 0.465 e. The van der Waals surface area contributed by atoms with Gasteiger partial charge in [-0.25, -0.2) is 9.59 Å². The van der Waals surface area contributed by atoms with Gasteiger partial charge in [0.1, 0.15) is 5.60 Å². The van der Waals surface area contributed by atoms with Crippen molar-refractivity contribution in [2.45, 2.75) is 78.4 Å². The Balaban J connectivity index is 1.40. The predicted molar refractivity (Wildman–Crippen MR) is 174 cm³/mol. The minimum absolute atomic E-state index is 0.273. The van der Waals surface area contributed by atoms with E-state index in [2.05, 4.69) is 22.8 Å². The lowest BCUT2D eigenvalue weighted by atomic mass is 9.81. The van der Waals surface area contributed by atoms with Crippen LogP contribution in [0.5, 0.6) is 0 Å². The van der Waals surface area contributed by atoms with Crippen LogP contribution < -0.4 is 10.6 Å². The van der Waals surface area contributed by atoms with Crippen LogP contribution in [-0.2, 0) is 11.3 Å². The normalized spacial score (nSPS) is 18.8. The number of nitriles is 2. The molecule has 12 nitrogen and oxygen atoms in total. The van der Waals surface area contributed by atoms with Gasteiger partial charge in [-0.2, -0.15) is 15.6 Å². The highest BCUT2D eigenvalue weighted by molar-refractivity contribution is 5.91. The van der Waals surface area contributed by atoms with Crippen LogP contribution in [0, 0.1) is 34.5 Å². The number of piperidine rings is 2. The standard InChI is InChI=1S/C34H44N8O4/c1-21-27(17-35)30(28(18-36)22(2)38-21)25-6-7-29-26(16-25)31(39-42(29)20-24-10-12-40(13-11-24)32(43)44)37-19-23-8-14-41(15-9-23)33(45)46-34(3,4)5/h6-7,16,23-24,30,38H,8-15,19-20H2,1-5H3,(H,37,39)(H,43,44). The molecule has 4 heterocycles. The summed E-state index contributed by atoms with van der Waals surface area (Å²) >= 11 is 0. The SMILES string of the molecule is CC1=C(C#N)C(c2ccc3c(c2)c(NCC2CCN(C(=O)OC(C)(C)C)CC2)nn3CC2CCN(C(=O)O)CC2)C(C#N)=C(C)N1. The fraction of sp³-hybridized carbons (Fsp3) is 0.559. The maximum absolute atomic E-state index is 12.5. The van der Waals surface area contributed by atoms with Crippen molar-refractivity contribution in [1.29, 1.82) is 10.5 Å². The Morgan fingerprint density at radius 2 is 1.59 bits per heavy atom. The number of anilines is 1. The summed E-state index contributed by atoms with van der Waals surface area (Å²) in [5.41, 5.74) is 3.78. The zero-order valence-corrected chi connectivity index (χ0v) is 27.4. The number of aromatic nitrogens is 2. The van der Waals surface area contributed by atoms with Crippen LogP contribution in [0.1, 0.15) is 71.8 Å². The summed E-state index contributed by atoms with van der Waals surface area (Å²) in [6.45, 7) is 13.0. The highest BCUT2D eigenvalue weighted by Crippen LogP contribution is 2.39. The molecule has 244 valence electrons. The number of fused-ring (bicyclic) bond motifs is 1. The molecule has 46 heavy (non-hydrogen) atoms. The molecule has 1 aromatic heterocycles. The predicted octanol–water partition coefficient (Wildman–Crippen LogP) is 5.77. The maximum atomic E-state index is 12.5. The molecule has 0 saturated carbocycles. The van der Waals surface area contributed by atoms with Gasteiger partial charge in [0, 0.05) is 56.0 Å². The molecule has 2 amide bonds. The van der Waals surface area contributed by atoms with Gasteiger partial charge in [0.05, 0.1) is 34.7 Å². The summed E-state index contributed by atoms with van der Waals surface area (Å²) in [6.07, 6.45) is 2.08. The molecule has 2 fully saturated rings. The summed E-state index contributed by atoms with van der Waals surface area (Å²) in [4.78, 5) is 27.2. The van der Waals surface area contributed by atoms with Crippen LogP contribution in [0.3, 0.4) is 0 Å². The van der Waals surface area contributed by atoms with Crippen molar-refractivity contribution in [2.24, 2.45) is 11.8 Å². The molecule has 0 spiro atoms. The van der Waals surface area contributed by atoms with Gasteiger partial charge in [-0.3, -0.25) is 4.68 Å². The summed E-state index contributed by atoms with van der Waals surface area (Å²) in [6, 6.07) is 10.7. The number of nitrogens with zero attached hydrogens (tertiary/aromatic N) is 6. The minimum atomic E-state index is -0.876. The Morgan fingerprint density at radius 1 is 1.00 bits per heavy atom. The van der Waals surface area contributed by atoms with Gasteiger partial charge in [-0.15, -0.1) is 0 Å². The van der Waals surface area contributed by atoms with E-state index in [4.69, 9.17) is 9.84 Å². The van der Waals surface area contributed by atoms with Crippen molar-refractivity contribution in [2.75, 3.05) is 38.0 Å². The van der Waals surface area contributed by atoms with Crippen molar-refractivity contribution in [3.05, 3.63) is 46.3 Å². The first-order chi connectivity index (χ1) is 21.9. The number of carbonyl (C=O) groups is 2. The van der Waals surface area contributed by atoms with Crippen molar-refractivity contribution in [3.63, 3.8) is 0 Å². The molecule has 3 N–H and O–H groups in total. The zero-order chi connectivity index (χ0) is 33.2. The van der Waals surface area contributed by atoms with Gasteiger partial charge in [0.15, 0.2) is 5.82 Å². The molecule has 0 unspecified atom stereocenters. The van der Waals surface area contributed by atoms with Crippen LogP contribution in [0.2, 0.25) is 0 Å². The molecule has 2 aromatic rings. The average Bonchev–Trinajstić information content (AvgIpc) is 3.35. The number of rotatable bonds is 6. The molecule has 1 aromatic carbocycles. The van der Waals surface area contributed by atoms with E-state index in [0.717, 1.165) is 59.4 Å². The third kappa shape index (κ3) is 7.07. The van der Waals surface area contributed by atoms with Gasteiger partial charge < -0.3 is 30.3 Å². The van der Waals surface area contributed by atoms with E-state index < -0.39 is 17.6 Å². The molecule has 0 aliphatic carbocycles. The van der Waals surface area contributed by atoms with Gasteiger partial charge in [-0.05, 0) is 89.8 Å².